The van der Waals surface area contributed by atoms with Crippen LogP contribution in [0.4, 0.5) is 0 Å². The highest BCUT2D eigenvalue weighted by molar-refractivity contribution is 5.66. The maximum atomic E-state index is 10.2. The number of carboxylic acid groups (broad SMARTS) is 1. The summed E-state index contributed by atoms with van der Waals surface area (Å²) in [6.45, 7) is 5.85. The minimum Gasteiger partial charge on any atom is -0.481 e. The molecule has 0 bridgehead atoms. The van der Waals surface area contributed by atoms with Gasteiger partial charge in [0.05, 0.1) is 6.61 Å². The highest BCUT2D eigenvalue weighted by Gasteiger charge is 2.07. The number of unbranched alkanes of at least 4 members (excludes halogenated alkanes) is 1. The summed E-state index contributed by atoms with van der Waals surface area (Å²) in [5, 5.41) is 17.2. The normalized spacial score (nSPS) is 11.2. The fourth-order valence-corrected chi connectivity index (χ4v) is 1.35. The van der Waals surface area contributed by atoms with Crippen LogP contribution in [0.2, 0.25) is 0 Å². The second-order valence-corrected chi connectivity index (χ2v) is 3.70. The zero-order valence-electron chi connectivity index (χ0n) is 9.07. The van der Waals surface area contributed by atoms with Crippen molar-refractivity contribution < 1.29 is 15.0 Å². The van der Waals surface area contributed by atoms with Gasteiger partial charge in [0.15, 0.2) is 0 Å². The molecule has 0 rings (SSSR count). The lowest BCUT2D eigenvalue weighted by molar-refractivity contribution is -0.137. The zero-order chi connectivity index (χ0) is 11.0. The molecule has 0 fully saturated rings. The van der Waals surface area contributed by atoms with Crippen molar-refractivity contribution in [3.63, 3.8) is 0 Å². The summed E-state index contributed by atoms with van der Waals surface area (Å²) in [6.07, 6.45) is 1.83. The van der Waals surface area contributed by atoms with E-state index < -0.39 is 5.97 Å². The summed E-state index contributed by atoms with van der Waals surface area (Å²) in [5.41, 5.74) is 0. The Bertz CT molecular complexity index is 159. The van der Waals surface area contributed by atoms with Crippen molar-refractivity contribution in [2.75, 3.05) is 19.7 Å². The first kappa shape index (κ1) is 13.4. The van der Waals surface area contributed by atoms with Gasteiger partial charge in [-0.05, 0) is 33.2 Å². The van der Waals surface area contributed by atoms with Gasteiger partial charge >= 0.3 is 5.97 Å². The largest absolute Gasteiger partial charge is 0.481 e. The third-order valence-corrected chi connectivity index (χ3v) is 2.20. The van der Waals surface area contributed by atoms with Gasteiger partial charge in [0, 0.05) is 19.0 Å². The van der Waals surface area contributed by atoms with Crippen LogP contribution in [0.3, 0.4) is 0 Å². The molecule has 0 aliphatic rings. The van der Waals surface area contributed by atoms with Crippen LogP contribution in [0, 0.1) is 0 Å². The molecular weight excluding hydrogens is 182 g/mol. The fraction of sp³-hybridized carbons (Fsp3) is 0.900. The van der Waals surface area contributed by atoms with Gasteiger partial charge in [-0.1, -0.05) is 0 Å². The van der Waals surface area contributed by atoms with E-state index in [0.29, 0.717) is 19.0 Å². The lowest BCUT2D eigenvalue weighted by Gasteiger charge is -2.25. The maximum absolute atomic E-state index is 10.2. The van der Waals surface area contributed by atoms with Crippen LogP contribution in [-0.2, 0) is 4.79 Å². The van der Waals surface area contributed by atoms with E-state index in [1.165, 1.54) is 0 Å². The smallest absolute Gasteiger partial charge is 0.303 e. The molecule has 0 atom stereocenters. The predicted octanol–water partition coefficient (Wildman–Crippen LogP) is 0.944. The summed E-state index contributed by atoms with van der Waals surface area (Å²) in [7, 11) is 0. The first-order valence-corrected chi connectivity index (χ1v) is 5.14. The molecule has 0 aromatic rings. The van der Waals surface area contributed by atoms with E-state index in [1.807, 2.05) is 0 Å². The monoisotopic (exact) mass is 203 g/mol. The summed E-state index contributed by atoms with van der Waals surface area (Å²) in [6, 6.07) is 0.409. The topological polar surface area (TPSA) is 60.8 Å². The minimum atomic E-state index is -0.733. The molecule has 0 aromatic heterocycles. The van der Waals surface area contributed by atoms with Crippen molar-refractivity contribution in [2.24, 2.45) is 0 Å². The molecule has 0 radical (unpaired) electrons. The molecule has 4 nitrogen and oxygen atoms in total. The number of aliphatic hydroxyl groups excluding tert-OH is 1. The number of hydrogen-bond donors (Lipinski definition) is 2. The number of nitrogens with zero attached hydrogens (tertiary/aromatic N) is 1. The van der Waals surface area contributed by atoms with Crippen LogP contribution in [0.25, 0.3) is 0 Å². The average molecular weight is 203 g/mol. The quantitative estimate of drug-likeness (QED) is 0.576. The van der Waals surface area contributed by atoms with Gasteiger partial charge in [-0.3, -0.25) is 9.69 Å². The highest BCUT2D eigenvalue weighted by Crippen LogP contribution is 2.02. The van der Waals surface area contributed by atoms with E-state index in [2.05, 4.69) is 18.7 Å². The average Bonchev–Trinajstić information content (AvgIpc) is 2.09. The SMILES string of the molecule is CC(C)N(CCO)CCCCC(=O)O. The van der Waals surface area contributed by atoms with E-state index in [9.17, 15) is 4.79 Å². The van der Waals surface area contributed by atoms with Crippen molar-refractivity contribution in [2.45, 2.75) is 39.2 Å². The van der Waals surface area contributed by atoms with Crippen molar-refractivity contribution in [3.8, 4) is 0 Å². The zero-order valence-corrected chi connectivity index (χ0v) is 9.07. The second-order valence-electron chi connectivity index (χ2n) is 3.70. The van der Waals surface area contributed by atoms with Gasteiger partial charge in [-0.15, -0.1) is 0 Å². The standard InChI is InChI=1S/C10H21NO3/c1-9(2)11(7-8-12)6-4-3-5-10(13)14/h9,12H,3-8H2,1-2H3,(H,13,14). The van der Waals surface area contributed by atoms with E-state index in [1.54, 1.807) is 0 Å². The molecule has 0 aliphatic heterocycles. The highest BCUT2D eigenvalue weighted by atomic mass is 16.4. The molecule has 2 N–H and O–H groups in total. The van der Waals surface area contributed by atoms with E-state index in [4.69, 9.17) is 10.2 Å². The Hall–Kier alpha value is -0.610. The number of carbonyl (C=O) groups is 1. The molecule has 0 aliphatic carbocycles. The molecule has 0 amide bonds. The molecule has 4 heteroatoms. The van der Waals surface area contributed by atoms with Crippen LogP contribution >= 0.6 is 0 Å². The number of carboxylic acids is 1. The summed E-state index contributed by atoms with van der Waals surface area (Å²) >= 11 is 0. The van der Waals surface area contributed by atoms with Gasteiger partial charge in [-0.2, -0.15) is 0 Å². The van der Waals surface area contributed by atoms with Crippen LogP contribution in [-0.4, -0.2) is 46.8 Å². The van der Waals surface area contributed by atoms with Crippen molar-refractivity contribution in [3.05, 3.63) is 0 Å². The Labute approximate surface area is 85.5 Å². The Balaban J connectivity index is 3.55. The van der Waals surface area contributed by atoms with Crippen LogP contribution < -0.4 is 0 Å². The van der Waals surface area contributed by atoms with E-state index >= 15 is 0 Å². The third-order valence-electron chi connectivity index (χ3n) is 2.20. The van der Waals surface area contributed by atoms with Gasteiger partial charge in [-0.25, -0.2) is 0 Å². The predicted molar refractivity (Wildman–Crippen MR) is 55.3 cm³/mol. The van der Waals surface area contributed by atoms with Crippen LogP contribution in [0.5, 0.6) is 0 Å². The van der Waals surface area contributed by atoms with Gasteiger partial charge < -0.3 is 10.2 Å². The molecule has 0 saturated carbocycles. The van der Waals surface area contributed by atoms with Crippen LogP contribution in [0.1, 0.15) is 33.1 Å². The van der Waals surface area contributed by atoms with Gasteiger partial charge in [0.1, 0.15) is 0 Å². The van der Waals surface area contributed by atoms with Gasteiger partial charge in [0.2, 0.25) is 0 Å². The first-order valence-electron chi connectivity index (χ1n) is 5.14. The maximum Gasteiger partial charge on any atom is 0.303 e. The van der Waals surface area contributed by atoms with E-state index in [0.717, 1.165) is 13.0 Å². The number of rotatable bonds is 8. The number of aliphatic carboxylic acids is 1. The molecule has 84 valence electrons. The lowest BCUT2D eigenvalue weighted by Crippen LogP contribution is -2.34. The molecule has 0 spiro atoms. The third kappa shape index (κ3) is 6.86. The Kier molecular flexibility index (Phi) is 7.42. The summed E-state index contributed by atoms with van der Waals surface area (Å²) < 4.78 is 0. The first-order chi connectivity index (χ1) is 6.57. The number of aliphatic hydroxyl groups is 1. The van der Waals surface area contributed by atoms with Gasteiger partial charge in [0.25, 0.3) is 0 Å². The second kappa shape index (κ2) is 7.76. The Morgan fingerprint density at radius 3 is 2.36 bits per heavy atom. The molecule has 0 aromatic carbocycles. The Morgan fingerprint density at radius 2 is 1.93 bits per heavy atom. The van der Waals surface area contributed by atoms with Crippen molar-refractivity contribution >= 4 is 5.97 Å². The molecule has 0 saturated heterocycles. The molecule has 0 unspecified atom stereocenters. The molecular formula is C10H21NO3. The number of hydrogen-bond acceptors (Lipinski definition) is 3. The summed E-state index contributed by atoms with van der Waals surface area (Å²) in [4.78, 5) is 12.4. The minimum absolute atomic E-state index is 0.164. The van der Waals surface area contributed by atoms with Crippen LogP contribution in [0.15, 0.2) is 0 Å². The molecule has 14 heavy (non-hydrogen) atoms. The van der Waals surface area contributed by atoms with Crippen molar-refractivity contribution in [1.82, 2.24) is 4.90 Å². The summed E-state index contributed by atoms with van der Waals surface area (Å²) in [5.74, 6) is -0.733. The van der Waals surface area contributed by atoms with E-state index in [-0.39, 0.29) is 13.0 Å². The Morgan fingerprint density at radius 1 is 1.29 bits per heavy atom. The fourth-order valence-electron chi connectivity index (χ4n) is 1.35. The lowest BCUT2D eigenvalue weighted by atomic mass is 10.2. The molecule has 0 heterocycles. The van der Waals surface area contributed by atoms with Crippen molar-refractivity contribution in [1.29, 1.82) is 0 Å².